The number of morpholine rings is 1. The van der Waals surface area contributed by atoms with Crippen LogP contribution in [0.4, 0.5) is 5.69 Å². The summed E-state index contributed by atoms with van der Waals surface area (Å²) in [5.74, 6) is 1.50. The summed E-state index contributed by atoms with van der Waals surface area (Å²) in [6.07, 6.45) is 0. The summed E-state index contributed by atoms with van der Waals surface area (Å²) in [6.45, 7) is 5.26. The molecule has 0 aliphatic carbocycles. The minimum atomic E-state index is -0.937. The summed E-state index contributed by atoms with van der Waals surface area (Å²) in [7, 11) is 1.94. The third-order valence-corrected chi connectivity index (χ3v) is 8.12. The van der Waals surface area contributed by atoms with Crippen molar-refractivity contribution in [2.45, 2.75) is 26.1 Å². The van der Waals surface area contributed by atoms with Gasteiger partial charge in [-0.3, -0.25) is 4.79 Å². The number of rotatable bonds is 11. The summed E-state index contributed by atoms with van der Waals surface area (Å²) in [5.41, 5.74) is 4.32. The molecule has 0 bridgehead atoms. The number of halogens is 2. The van der Waals surface area contributed by atoms with Crippen LogP contribution in [0, 0.1) is 0 Å². The molecular weight excluding hydrogens is 629 g/mol. The number of aromatic nitrogens is 2. The molecule has 9 nitrogen and oxygen atoms in total. The van der Waals surface area contributed by atoms with Crippen LogP contribution in [0.25, 0.3) is 11.0 Å². The Balaban J connectivity index is 0.00000417. The number of benzene rings is 4. The molecule has 5 aromatic rings. The van der Waals surface area contributed by atoms with Crippen molar-refractivity contribution in [1.29, 1.82) is 0 Å². The molecule has 11 heteroatoms. The molecule has 46 heavy (non-hydrogen) atoms. The molecule has 0 radical (unpaired) electrons. The molecule has 0 amide bonds. The molecule has 0 spiro atoms. The average molecular weight is 665 g/mol. The van der Waals surface area contributed by atoms with Crippen molar-refractivity contribution in [1.82, 2.24) is 9.55 Å². The third-order valence-electron chi connectivity index (χ3n) is 7.87. The molecule has 1 aliphatic heterocycles. The van der Waals surface area contributed by atoms with E-state index in [1.54, 1.807) is 37.3 Å². The second-order valence-corrected chi connectivity index (χ2v) is 11.3. The van der Waals surface area contributed by atoms with Crippen molar-refractivity contribution in [2.75, 3.05) is 31.2 Å². The van der Waals surface area contributed by atoms with E-state index in [0.717, 1.165) is 60.2 Å². The standard InChI is InChI=1S/C35H34ClN3O6.ClH/c1-23(35(40)41)30-12-10-27(20-33(30)44-21-24-6-8-25(36)9-7-24)43-22-34-37-31-13-11-29(19-32(31)38(34)2)45-28-5-3-4-26(18-28)39-14-16-42-17-15-39;/h3-13,18-20,23H,14-17,21-22H2,1-2H3,(H,40,41);1H. The van der Waals surface area contributed by atoms with E-state index in [4.69, 9.17) is 35.5 Å². The molecular formula is C35H35Cl2N3O6. The topological polar surface area (TPSA) is 95.3 Å². The third kappa shape index (κ3) is 7.67. The lowest BCUT2D eigenvalue weighted by atomic mass is 10.00. The van der Waals surface area contributed by atoms with E-state index in [-0.39, 0.29) is 25.6 Å². The molecule has 1 fully saturated rings. The zero-order chi connectivity index (χ0) is 31.3. The number of hydrogen-bond donors (Lipinski definition) is 1. The number of anilines is 1. The maximum absolute atomic E-state index is 11.8. The molecule has 1 N–H and O–H groups in total. The highest BCUT2D eigenvalue weighted by Crippen LogP contribution is 2.33. The SMILES string of the molecule is CC(C(=O)O)c1ccc(OCc2nc3ccc(Oc4cccc(N5CCOCC5)c4)cc3n2C)cc1OCc1ccc(Cl)cc1.Cl. The van der Waals surface area contributed by atoms with Gasteiger partial charge >= 0.3 is 5.97 Å². The van der Waals surface area contributed by atoms with Gasteiger partial charge < -0.3 is 33.5 Å². The first-order valence-corrected chi connectivity index (χ1v) is 15.1. The van der Waals surface area contributed by atoms with Gasteiger partial charge in [-0.15, -0.1) is 12.4 Å². The van der Waals surface area contributed by atoms with Crippen LogP contribution < -0.4 is 19.1 Å². The predicted octanol–water partition coefficient (Wildman–Crippen LogP) is 7.62. The van der Waals surface area contributed by atoms with Gasteiger partial charge in [0, 0.05) is 54.6 Å². The van der Waals surface area contributed by atoms with E-state index in [9.17, 15) is 9.90 Å². The van der Waals surface area contributed by atoms with Crippen LogP contribution in [0.2, 0.25) is 5.02 Å². The maximum atomic E-state index is 11.8. The van der Waals surface area contributed by atoms with Crippen LogP contribution in [-0.2, 0) is 29.8 Å². The van der Waals surface area contributed by atoms with Crippen LogP contribution in [0.1, 0.15) is 29.8 Å². The molecule has 0 saturated carbocycles. The van der Waals surface area contributed by atoms with Crippen molar-refractivity contribution < 1.29 is 28.8 Å². The highest BCUT2D eigenvalue weighted by Gasteiger charge is 2.20. The zero-order valence-electron chi connectivity index (χ0n) is 25.5. The predicted molar refractivity (Wildman–Crippen MR) is 180 cm³/mol. The molecule has 1 aliphatic rings. The van der Waals surface area contributed by atoms with Crippen molar-refractivity contribution in [3.05, 3.63) is 107 Å². The smallest absolute Gasteiger partial charge is 0.310 e. The van der Waals surface area contributed by atoms with Crippen molar-refractivity contribution in [3.8, 4) is 23.0 Å². The Morgan fingerprint density at radius 1 is 0.935 bits per heavy atom. The first-order chi connectivity index (χ1) is 21.8. The fourth-order valence-corrected chi connectivity index (χ4v) is 5.35. The Bertz CT molecular complexity index is 1800. The lowest BCUT2D eigenvalue weighted by Crippen LogP contribution is -2.36. The molecule has 1 unspecified atom stereocenters. The lowest BCUT2D eigenvalue weighted by molar-refractivity contribution is -0.138. The molecule has 1 saturated heterocycles. The second kappa shape index (κ2) is 14.8. The van der Waals surface area contributed by atoms with Crippen LogP contribution >= 0.6 is 24.0 Å². The van der Waals surface area contributed by atoms with Gasteiger partial charge in [-0.1, -0.05) is 35.9 Å². The Labute approximate surface area is 278 Å². The summed E-state index contributed by atoms with van der Waals surface area (Å²) in [5, 5.41) is 10.3. The molecule has 1 aromatic heterocycles. The number of hydrogen-bond acceptors (Lipinski definition) is 7. The quantitative estimate of drug-likeness (QED) is 0.154. The van der Waals surface area contributed by atoms with Crippen LogP contribution in [0.15, 0.2) is 84.9 Å². The first-order valence-electron chi connectivity index (χ1n) is 14.8. The van der Waals surface area contributed by atoms with E-state index < -0.39 is 11.9 Å². The van der Waals surface area contributed by atoms with Crippen LogP contribution in [0.3, 0.4) is 0 Å². The van der Waals surface area contributed by atoms with Gasteiger partial charge in [0.15, 0.2) is 0 Å². The van der Waals surface area contributed by atoms with Gasteiger partial charge in [-0.25, -0.2) is 4.98 Å². The number of carbonyl (C=O) groups is 1. The number of fused-ring (bicyclic) bond motifs is 1. The fraction of sp³-hybridized carbons (Fsp3) is 0.257. The van der Waals surface area contributed by atoms with Gasteiger partial charge in [0.05, 0.1) is 30.2 Å². The number of carboxylic acid groups (broad SMARTS) is 1. The van der Waals surface area contributed by atoms with Gasteiger partial charge in [-0.2, -0.15) is 0 Å². The Morgan fingerprint density at radius 2 is 1.67 bits per heavy atom. The summed E-state index contributed by atoms with van der Waals surface area (Å²) < 4.78 is 25.9. The number of ether oxygens (including phenoxy) is 4. The number of aryl methyl sites for hydroxylation is 1. The van der Waals surface area contributed by atoms with E-state index in [1.807, 2.05) is 60.1 Å². The number of imidazole rings is 1. The van der Waals surface area contributed by atoms with E-state index >= 15 is 0 Å². The molecule has 2 heterocycles. The number of nitrogens with zero attached hydrogens (tertiary/aromatic N) is 3. The minimum absolute atomic E-state index is 0. The van der Waals surface area contributed by atoms with E-state index in [2.05, 4.69) is 11.0 Å². The largest absolute Gasteiger partial charge is 0.488 e. The Morgan fingerprint density at radius 3 is 2.43 bits per heavy atom. The second-order valence-electron chi connectivity index (χ2n) is 10.9. The minimum Gasteiger partial charge on any atom is -0.488 e. The fourth-order valence-electron chi connectivity index (χ4n) is 5.22. The molecule has 6 rings (SSSR count). The monoisotopic (exact) mass is 663 g/mol. The van der Waals surface area contributed by atoms with Crippen molar-refractivity contribution in [2.24, 2.45) is 7.05 Å². The summed E-state index contributed by atoms with van der Waals surface area (Å²) in [6, 6.07) is 26.4. The normalized spacial score (nSPS) is 13.6. The number of carboxylic acids is 1. The average Bonchev–Trinajstić information content (AvgIpc) is 3.38. The lowest BCUT2D eigenvalue weighted by Gasteiger charge is -2.29. The molecule has 1 atom stereocenters. The Kier molecular flexibility index (Phi) is 10.6. The maximum Gasteiger partial charge on any atom is 0.310 e. The van der Waals surface area contributed by atoms with Gasteiger partial charge in [0.2, 0.25) is 0 Å². The van der Waals surface area contributed by atoms with E-state index in [0.29, 0.717) is 27.8 Å². The van der Waals surface area contributed by atoms with Crippen molar-refractivity contribution in [3.63, 3.8) is 0 Å². The zero-order valence-corrected chi connectivity index (χ0v) is 27.1. The van der Waals surface area contributed by atoms with Crippen molar-refractivity contribution >= 4 is 46.7 Å². The van der Waals surface area contributed by atoms with Crippen LogP contribution in [-0.4, -0.2) is 46.9 Å². The molecule has 4 aromatic carbocycles. The van der Waals surface area contributed by atoms with Crippen LogP contribution in [0.5, 0.6) is 23.0 Å². The first kappa shape index (κ1) is 32.9. The number of aliphatic carboxylic acids is 1. The van der Waals surface area contributed by atoms with Gasteiger partial charge in [0.1, 0.15) is 42.0 Å². The summed E-state index contributed by atoms with van der Waals surface area (Å²) in [4.78, 5) is 18.8. The van der Waals surface area contributed by atoms with Gasteiger partial charge in [0.25, 0.3) is 0 Å². The Hall–Kier alpha value is -4.44. The van der Waals surface area contributed by atoms with Gasteiger partial charge in [-0.05, 0) is 55.0 Å². The molecule has 240 valence electrons. The summed E-state index contributed by atoms with van der Waals surface area (Å²) >= 11 is 6.00. The highest BCUT2D eigenvalue weighted by atomic mass is 35.5. The van der Waals surface area contributed by atoms with E-state index in [1.165, 1.54) is 0 Å². The highest BCUT2D eigenvalue weighted by molar-refractivity contribution is 6.30.